The molecular formula is C14H10O5. The van der Waals surface area contributed by atoms with Crippen LogP contribution in [0.25, 0.3) is 0 Å². The Morgan fingerprint density at radius 1 is 1.05 bits per heavy atom. The van der Waals surface area contributed by atoms with Crippen LogP contribution in [0.1, 0.15) is 10.4 Å². The van der Waals surface area contributed by atoms with Crippen LogP contribution in [0.15, 0.2) is 36.4 Å². The Morgan fingerprint density at radius 2 is 1.68 bits per heavy atom. The first-order valence-corrected chi connectivity index (χ1v) is 5.59. The number of fused-ring (bicyclic) bond motifs is 2. The van der Waals surface area contributed by atoms with Gasteiger partial charge in [0.15, 0.2) is 23.0 Å². The Bertz CT molecular complexity index is 663. The molecule has 3 rings (SSSR count). The van der Waals surface area contributed by atoms with Gasteiger partial charge in [0.25, 0.3) is 0 Å². The second-order valence-electron chi connectivity index (χ2n) is 3.93. The van der Waals surface area contributed by atoms with Gasteiger partial charge in [0.1, 0.15) is 5.56 Å². The monoisotopic (exact) mass is 258 g/mol. The maximum Gasteiger partial charge on any atom is 0.339 e. The van der Waals surface area contributed by atoms with E-state index in [1.807, 2.05) is 0 Å². The maximum absolute atomic E-state index is 11.1. The third kappa shape index (κ3) is 1.76. The number of hydrogen-bond donors (Lipinski definition) is 1. The van der Waals surface area contributed by atoms with E-state index in [9.17, 15) is 4.79 Å². The quantitative estimate of drug-likeness (QED) is 0.764. The third-order valence-corrected chi connectivity index (χ3v) is 2.80. The highest BCUT2D eigenvalue weighted by Crippen LogP contribution is 2.50. The molecule has 0 saturated heterocycles. The summed E-state index contributed by atoms with van der Waals surface area (Å²) < 4.78 is 16.5. The summed E-state index contributed by atoms with van der Waals surface area (Å²) in [6.07, 6.45) is 0. The second-order valence-corrected chi connectivity index (χ2v) is 3.93. The van der Waals surface area contributed by atoms with Crippen LogP contribution in [0.5, 0.6) is 28.7 Å². The van der Waals surface area contributed by atoms with E-state index in [-0.39, 0.29) is 11.3 Å². The molecule has 5 nitrogen and oxygen atoms in total. The van der Waals surface area contributed by atoms with E-state index < -0.39 is 5.97 Å². The zero-order valence-corrected chi connectivity index (χ0v) is 10.0. The highest BCUT2D eigenvalue weighted by molar-refractivity contribution is 5.92. The lowest BCUT2D eigenvalue weighted by atomic mass is 10.1. The predicted molar refractivity (Wildman–Crippen MR) is 66.5 cm³/mol. The van der Waals surface area contributed by atoms with Crippen LogP contribution in [-0.4, -0.2) is 18.2 Å². The summed E-state index contributed by atoms with van der Waals surface area (Å²) in [6, 6.07) is 9.90. The molecule has 0 spiro atoms. The molecule has 0 radical (unpaired) electrons. The van der Waals surface area contributed by atoms with Crippen LogP contribution in [0.3, 0.4) is 0 Å². The lowest BCUT2D eigenvalue weighted by Gasteiger charge is -2.22. The molecule has 1 aliphatic rings. The normalized spacial score (nSPS) is 11.6. The number of hydrogen-bond acceptors (Lipinski definition) is 4. The van der Waals surface area contributed by atoms with Crippen molar-refractivity contribution >= 4 is 5.97 Å². The molecule has 2 aromatic carbocycles. The molecule has 0 aromatic heterocycles. The van der Waals surface area contributed by atoms with Gasteiger partial charge < -0.3 is 19.3 Å². The zero-order chi connectivity index (χ0) is 13.4. The fraction of sp³-hybridized carbons (Fsp3) is 0.0714. The molecule has 0 atom stereocenters. The van der Waals surface area contributed by atoms with Crippen LogP contribution in [0.2, 0.25) is 0 Å². The largest absolute Gasteiger partial charge is 0.493 e. The van der Waals surface area contributed by atoms with Crippen molar-refractivity contribution < 1.29 is 24.1 Å². The van der Waals surface area contributed by atoms with Gasteiger partial charge in [-0.2, -0.15) is 0 Å². The Hall–Kier alpha value is -2.69. The Kier molecular flexibility index (Phi) is 2.52. The van der Waals surface area contributed by atoms with Crippen molar-refractivity contribution in [1.29, 1.82) is 0 Å². The van der Waals surface area contributed by atoms with Crippen molar-refractivity contribution in [3.63, 3.8) is 0 Å². The SMILES string of the molecule is COc1cccc2c1Oc1cccc(C(=O)O)c1O2. The van der Waals surface area contributed by atoms with E-state index in [1.165, 1.54) is 13.2 Å². The van der Waals surface area contributed by atoms with Crippen molar-refractivity contribution in [1.82, 2.24) is 0 Å². The number of para-hydroxylation sites is 2. The minimum absolute atomic E-state index is 0.0611. The maximum atomic E-state index is 11.1. The van der Waals surface area contributed by atoms with E-state index in [2.05, 4.69) is 0 Å². The van der Waals surface area contributed by atoms with Gasteiger partial charge >= 0.3 is 5.97 Å². The van der Waals surface area contributed by atoms with Gasteiger partial charge in [-0.1, -0.05) is 12.1 Å². The fourth-order valence-corrected chi connectivity index (χ4v) is 1.93. The van der Waals surface area contributed by atoms with Crippen LogP contribution in [0.4, 0.5) is 0 Å². The Balaban J connectivity index is 2.14. The Labute approximate surface area is 109 Å². The molecule has 1 N–H and O–H groups in total. The minimum Gasteiger partial charge on any atom is -0.493 e. The van der Waals surface area contributed by atoms with E-state index in [4.69, 9.17) is 19.3 Å². The average Bonchev–Trinajstić information content (AvgIpc) is 2.43. The standard InChI is InChI=1S/C14H10O5/c1-17-9-5-3-7-11-13(9)19-10-6-2-4-8(14(15)16)12(10)18-11/h2-7H,1H3,(H,15,16). The number of ether oxygens (including phenoxy) is 3. The second kappa shape index (κ2) is 4.20. The third-order valence-electron chi connectivity index (χ3n) is 2.80. The van der Waals surface area contributed by atoms with Gasteiger partial charge in [-0.05, 0) is 24.3 Å². The number of carbonyl (C=O) groups is 1. The molecule has 2 aromatic rings. The van der Waals surface area contributed by atoms with Crippen LogP contribution in [0, 0.1) is 0 Å². The topological polar surface area (TPSA) is 65.0 Å². The van der Waals surface area contributed by atoms with Crippen LogP contribution < -0.4 is 14.2 Å². The number of carboxylic acid groups (broad SMARTS) is 1. The van der Waals surface area contributed by atoms with Crippen LogP contribution in [-0.2, 0) is 0 Å². The first kappa shape index (κ1) is 11.4. The first-order chi connectivity index (χ1) is 9.20. The number of carboxylic acids is 1. The number of benzene rings is 2. The summed E-state index contributed by atoms with van der Waals surface area (Å²) in [4.78, 5) is 11.1. The van der Waals surface area contributed by atoms with E-state index >= 15 is 0 Å². The molecule has 0 bridgehead atoms. The van der Waals surface area contributed by atoms with Crippen molar-refractivity contribution in [2.75, 3.05) is 7.11 Å². The summed E-state index contributed by atoms with van der Waals surface area (Å²) in [5.41, 5.74) is 0.0611. The van der Waals surface area contributed by atoms with Crippen molar-refractivity contribution in [2.45, 2.75) is 0 Å². The van der Waals surface area contributed by atoms with Gasteiger partial charge in [0, 0.05) is 0 Å². The smallest absolute Gasteiger partial charge is 0.339 e. The molecule has 0 amide bonds. The zero-order valence-electron chi connectivity index (χ0n) is 10.0. The van der Waals surface area contributed by atoms with Gasteiger partial charge in [0.2, 0.25) is 5.75 Å². The van der Waals surface area contributed by atoms with Crippen molar-refractivity contribution in [3.05, 3.63) is 42.0 Å². The average molecular weight is 258 g/mol. The van der Waals surface area contributed by atoms with E-state index in [0.29, 0.717) is 23.0 Å². The van der Waals surface area contributed by atoms with Gasteiger partial charge in [-0.3, -0.25) is 0 Å². The summed E-state index contributed by atoms with van der Waals surface area (Å²) in [6.45, 7) is 0. The molecule has 0 fully saturated rings. The molecule has 0 saturated carbocycles. The lowest BCUT2D eigenvalue weighted by Crippen LogP contribution is -2.06. The highest BCUT2D eigenvalue weighted by Gasteiger charge is 2.26. The summed E-state index contributed by atoms with van der Waals surface area (Å²) in [5.74, 6) is 0.906. The molecule has 5 heteroatoms. The highest BCUT2D eigenvalue weighted by atomic mass is 16.6. The van der Waals surface area contributed by atoms with E-state index in [1.54, 1.807) is 30.3 Å². The molecule has 19 heavy (non-hydrogen) atoms. The van der Waals surface area contributed by atoms with Crippen molar-refractivity contribution in [3.8, 4) is 28.7 Å². The van der Waals surface area contributed by atoms with Crippen LogP contribution >= 0.6 is 0 Å². The van der Waals surface area contributed by atoms with E-state index in [0.717, 1.165) is 0 Å². The number of methoxy groups -OCH3 is 1. The molecule has 0 unspecified atom stereocenters. The predicted octanol–water partition coefficient (Wildman–Crippen LogP) is 3.29. The van der Waals surface area contributed by atoms with Gasteiger partial charge in [-0.15, -0.1) is 0 Å². The molecule has 1 aliphatic heterocycles. The Morgan fingerprint density at radius 3 is 2.37 bits per heavy atom. The summed E-state index contributed by atoms with van der Waals surface area (Å²) >= 11 is 0. The van der Waals surface area contributed by atoms with Gasteiger partial charge in [-0.25, -0.2) is 4.79 Å². The van der Waals surface area contributed by atoms with Gasteiger partial charge in [0.05, 0.1) is 7.11 Å². The minimum atomic E-state index is -1.06. The molecular weight excluding hydrogens is 248 g/mol. The fourth-order valence-electron chi connectivity index (χ4n) is 1.93. The molecule has 0 aliphatic carbocycles. The van der Waals surface area contributed by atoms with Crippen molar-refractivity contribution in [2.24, 2.45) is 0 Å². The lowest BCUT2D eigenvalue weighted by molar-refractivity contribution is 0.0693. The molecule has 1 heterocycles. The first-order valence-electron chi connectivity index (χ1n) is 5.59. The summed E-state index contributed by atoms with van der Waals surface area (Å²) in [7, 11) is 1.53. The summed E-state index contributed by atoms with van der Waals surface area (Å²) in [5, 5.41) is 9.13. The number of aromatic carboxylic acids is 1. The molecule has 96 valence electrons. The number of rotatable bonds is 2.